The normalized spacial score (nSPS) is 10.0. The van der Waals surface area contributed by atoms with E-state index in [1.807, 2.05) is 12.1 Å². The van der Waals surface area contributed by atoms with Gasteiger partial charge in [0.05, 0.1) is 32.5 Å². The van der Waals surface area contributed by atoms with E-state index in [2.05, 4.69) is 42.1 Å². The van der Waals surface area contributed by atoms with Crippen LogP contribution in [0.5, 0.6) is 0 Å². The zero-order valence-corrected chi connectivity index (χ0v) is 12.7. The van der Waals surface area contributed by atoms with Gasteiger partial charge in [-0.25, -0.2) is 0 Å². The van der Waals surface area contributed by atoms with Crippen molar-refractivity contribution in [3.63, 3.8) is 0 Å². The van der Waals surface area contributed by atoms with Gasteiger partial charge in [0.25, 0.3) is 0 Å². The molecule has 0 fully saturated rings. The molecule has 0 unspecified atom stereocenters. The first kappa shape index (κ1) is 15.4. The summed E-state index contributed by atoms with van der Waals surface area (Å²) in [6.07, 6.45) is 3.49. The molecular formula is C10H14Br2N4O2. The number of aliphatic hydroxyl groups is 2. The summed E-state index contributed by atoms with van der Waals surface area (Å²) in [5.74, 6) is 0. The molecule has 0 saturated carbocycles. The van der Waals surface area contributed by atoms with Gasteiger partial charge in [-0.2, -0.15) is 10.2 Å². The fourth-order valence-electron chi connectivity index (χ4n) is 1.14. The second kappa shape index (κ2) is 8.41. The van der Waals surface area contributed by atoms with Gasteiger partial charge in [0.15, 0.2) is 0 Å². The lowest BCUT2D eigenvalue weighted by molar-refractivity contribution is 0.268. The van der Waals surface area contributed by atoms with Crippen molar-refractivity contribution >= 4 is 31.9 Å². The molecule has 0 aliphatic heterocycles. The number of aromatic nitrogens is 4. The van der Waals surface area contributed by atoms with Crippen LogP contribution in [0.15, 0.2) is 33.7 Å². The predicted octanol–water partition coefficient (Wildman–Crippen LogP) is 1.28. The quantitative estimate of drug-likeness (QED) is 0.836. The van der Waals surface area contributed by atoms with Gasteiger partial charge in [-0.3, -0.25) is 9.36 Å². The van der Waals surface area contributed by atoms with Crippen molar-refractivity contribution in [2.45, 2.75) is 13.1 Å². The largest absolute Gasteiger partial charge is 0.394 e. The van der Waals surface area contributed by atoms with Gasteiger partial charge in [0.2, 0.25) is 0 Å². The van der Waals surface area contributed by atoms with E-state index in [1.54, 1.807) is 21.8 Å². The van der Waals surface area contributed by atoms with Crippen molar-refractivity contribution in [3.05, 3.63) is 33.7 Å². The topological polar surface area (TPSA) is 76.1 Å². The highest BCUT2D eigenvalue weighted by molar-refractivity contribution is 9.10. The zero-order chi connectivity index (χ0) is 13.4. The van der Waals surface area contributed by atoms with Crippen LogP contribution >= 0.6 is 31.9 Å². The molecule has 0 amide bonds. The van der Waals surface area contributed by atoms with Crippen molar-refractivity contribution in [3.8, 4) is 0 Å². The number of hydrogen-bond acceptors (Lipinski definition) is 4. The molecule has 0 atom stereocenters. The van der Waals surface area contributed by atoms with Crippen LogP contribution in [0.3, 0.4) is 0 Å². The molecule has 0 aromatic carbocycles. The van der Waals surface area contributed by atoms with E-state index in [9.17, 15) is 0 Å². The predicted molar refractivity (Wildman–Crippen MR) is 74.0 cm³/mol. The summed E-state index contributed by atoms with van der Waals surface area (Å²) in [5, 5.41) is 24.8. The summed E-state index contributed by atoms with van der Waals surface area (Å²) in [6, 6.07) is 3.66. The SMILES string of the molecule is OCCn1ccc(Br)n1.OCCn1nccc1Br. The highest BCUT2D eigenvalue weighted by Gasteiger charge is 1.94. The Hall–Kier alpha value is -0.700. The van der Waals surface area contributed by atoms with E-state index in [-0.39, 0.29) is 13.2 Å². The number of nitrogens with zero attached hydrogens (tertiary/aromatic N) is 4. The highest BCUT2D eigenvalue weighted by atomic mass is 79.9. The Labute approximate surface area is 121 Å². The van der Waals surface area contributed by atoms with Gasteiger partial charge in [-0.1, -0.05) is 0 Å². The van der Waals surface area contributed by atoms with Crippen LogP contribution in [-0.4, -0.2) is 43.0 Å². The van der Waals surface area contributed by atoms with Gasteiger partial charge >= 0.3 is 0 Å². The molecule has 2 rings (SSSR count). The lowest BCUT2D eigenvalue weighted by Gasteiger charge is -1.96. The van der Waals surface area contributed by atoms with Crippen LogP contribution < -0.4 is 0 Å². The molecular weight excluding hydrogens is 368 g/mol. The summed E-state index contributed by atoms with van der Waals surface area (Å²) in [6.45, 7) is 1.37. The average Bonchev–Trinajstić information content (AvgIpc) is 2.91. The Morgan fingerprint density at radius 1 is 1.11 bits per heavy atom. The van der Waals surface area contributed by atoms with Crippen molar-refractivity contribution < 1.29 is 10.2 Å². The average molecular weight is 382 g/mol. The molecule has 2 N–H and O–H groups in total. The molecule has 0 aliphatic carbocycles. The molecule has 0 aliphatic rings. The van der Waals surface area contributed by atoms with Crippen molar-refractivity contribution in [2.75, 3.05) is 13.2 Å². The Morgan fingerprint density at radius 2 is 1.83 bits per heavy atom. The van der Waals surface area contributed by atoms with Crippen LogP contribution in [0, 0.1) is 0 Å². The molecule has 2 aromatic heterocycles. The number of rotatable bonds is 4. The van der Waals surface area contributed by atoms with E-state index in [0.717, 1.165) is 9.21 Å². The zero-order valence-electron chi connectivity index (χ0n) is 9.58. The van der Waals surface area contributed by atoms with E-state index in [4.69, 9.17) is 10.2 Å². The van der Waals surface area contributed by atoms with Gasteiger partial charge in [-0.05, 0) is 44.0 Å². The van der Waals surface area contributed by atoms with Crippen LogP contribution in [0.25, 0.3) is 0 Å². The van der Waals surface area contributed by atoms with Gasteiger partial charge in [0.1, 0.15) is 9.21 Å². The second-order valence-corrected chi connectivity index (χ2v) is 4.85. The van der Waals surface area contributed by atoms with E-state index in [1.165, 1.54) is 0 Å². The summed E-state index contributed by atoms with van der Waals surface area (Å²) in [5.41, 5.74) is 0. The number of aliphatic hydroxyl groups excluding tert-OH is 2. The summed E-state index contributed by atoms with van der Waals surface area (Å²) < 4.78 is 5.05. The molecule has 2 heterocycles. The third kappa shape index (κ3) is 5.30. The fourth-order valence-corrected chi connectivity index (χ4v) is 1.85. The third-order valence-electron chi connectivity index (χ3n) is 1.91. The first-order valence-corrected chi connectivity index (χ1v) is 6.84. The monoisotopic (exact) mass is 380 g/mol. The fraction of sp³-hybridized carbons (Fsp3) is 0.400. The molecule has 6 nitrogen and oxygen atoms in total. The van der Waals surface area contributed by atoms with Crippen molar-refractivity contribution in [2.24, 2.45) is 0 Å². The second-order valence-electron chi connectivity index (χ2n) is 3.23. The van der Waals surface area contributed by atoms with Gasteiger partial charge < -0.3 is 10.2 Å². The molecule has 0 bridgehead atoms. The first-order valence-electron chi connectivity index (χ1n) is 5.25. The minimum absolute atomic E-state index is 0.125. The maximum atomic E-state index is 8.48. The Bertz CT molecular complexity index is 458. The maximum Gasteiger partial charge on any atom is 0.128 e. The van der Waals surface area contributed by atoms with E-state index >= 15 is 0 Å². The highest BCUT2D eigenvalue weighted by Crippen LogP contribution is 2.06. The molecule has 2 aromatic rings. The number of hydrogen-bond donors (Lipinski definition) is 2. The molecule has 0 radical (unpaired) electrons. The third-order valence-corrected chi connectivity index (χ3v) is 3.01. The Balaban J connectivity index is 0.000000180. The van der Waals surface area contributed by atoms with Crippen molar-refractivity contribution in [1.82, 2.24) is 19.6 Å². The smallest absolute Gasteiger partial charge is 0.128 e. The van der Waals surface area contributed by atoms with Crippen LogP contribution in [0.1, 0.15) is 0 Å². The van der Waals surface area contributed by atoms with Crippen LogP contribution in [0.4, 0.5) is 0 Å². The molecule has 18 heavy (non-hydrogen) atoms. The molecule has 0 spiro atoms. The van der Waals surface area contributed by atoms with E-state index in [0.29, 0.717) is 13.1 Å². The van der Waals surface area contributed by atoms with Crippen molar-refractivity contribution in [1.29, 1.82) is 0 Å². The summed E-state index contributed by atoms with van der Waals surface area (Å²) in [4.78, 5) is 0. The standard InChI is InChI=1S/2C5H7BrN2O/c6-5-1-2-8(7-5)3-4-9;6-5-1-2-7-8(5)3-4-9/h2*1-2,9H,3-4H2. The lowest BCUT2D eigenvalue weighted by Crippen LogP contribution is -2.03. The summed E-state index contributed by atoms with van der Waals surface area (Å²) in [7, 11) is 0. The van der Waals surface area contributed by atoms with E-state index < -0.39 is 0 Å². The van der Waals surface area contributed by atoms with Crippen LogP contribution in [0.2, 0.25) is 0 Å². The lowest BCUT2D eigenvalue weighted by atomic mass is 10.7. The Morgan fingerprint density at radius 3 is 2.28 bits per heavy atom. The molecule has 8 heteroatoms. The number of halogens is 2. The Kier molecular flexibility index (Phi) is 7.18. The first-order chi connectivity index (χ1) is 8.67. The van der Waals surface area contributed by atoms with Gasteiger partial charge in [0, 0.05) is 6.20 Å². The van der Waals surface area contributed by atoms with Crippen LogP contribution in [-0.2, 0) is 13.1 Å². The molecule has 100 valence electrons. The van der Waals surface area contributed by atoms with Gasteiger partial charge in [-0.15, -0.1) is 0 Å². The minimum atomic E-state index is 0.125. The summed E-state index contributed by atoms with van der Waals surface area (Å²) >= 11 is 6.45. The molecule has 0 saturated heterocycles. The maximum absolute atomic E-state index is 8.48. The minimum Gasteiger partial charge on any atom is -0.394 e.